The van der Waals surface area contributed by atoms with Crippen molar-refractivity contribution in [2.75, 3.05) is 13.8 Å². The van der Waals surface area contributed by atoms with E-state index >= 15 is 0 Å². The van der Waals surface area contributed by atoms with Gasteiger partial charge < -0.3 is 4.74 Å². The zero-order valence-electron chi connectivity index (χ0n) is 11.2. The van der Waals surface area contributed by atoms with Gasteiger partial charge in [-0.05, 0) is 30.7 Å². The number of esters is 1. The number of aromatic nitrogens is 2. The van der Waals surface area contributed by atoms with Crippen LogP contribution in [0.5, 0.6) is 0 Å². The number of carbonyl (C=O) groups excluding carboxylic acids is 1. The molecule has 0 radical (unpaired) electrons. The maximum absolute atomic E-state index is 13.1. The van der Waals surface area contributed by atoms with Gasteiger partial charge in [-0.3, -0.25) is 0 Å². The Bertz CT molecular complexity index is 589. The van der Waals surface area contributed by atoms with E-state index in [1.165, 1.54) is 6.92 Å². The smallest absolute Gasteiger partial charge is 0.356 e. The van der Waals surface area contributed by atoms with Crippen LogP contribution in [0.4, 0.5) is 13.2 Å². The second kappa shape index (κ2) is 7.78. The Hall–Kier alpha value is -1.89. The number of nitrogens with zero attached hydrogens (tertiary/aromatic N) is 2. The molecule has 0 spiro atoms. The van der Waals surface area contributed by atoms with Crippen molar-refractivity contribution in [2.24, 2.45) is 0 Å². The van der Waals surface area contributed by atoms with Gasteiger partial charge in [0.1, 0.15) is 6.67 Å². The summed E-state index contributed by atoms with van der Waals surface area (Å²) in [4.78, 5) is 18.8. The normalized spacial score (nSPS) is 12.7. The monoisotopic (exact) mass is 320 g/mol. The number of halogens is 4. The topological polar surface area (TPSA) is 52.1 Å². The van der Waals surface area contributed by atoms with Crippen LogP contribution >= 0.6 is 11.6 Å². The largest absolute Gasteiger partial charge is 0.464 e. The number of ether oxygens (including phenoxy) is 1. The van der Waals surface area contributed by atoms with E-state index in [9.17, 15) is 18.0 Å². The third-order valence-electron chi connectivity index (χ3n) is 2.49. The molecule has 0 atom stereocenters. The SMILES string of the molecule is C/C=C(\C=C(/CF)c1cc(C(=O)OC)nc(Cl)n1)C(F)F. The molecule has 0 aliphatic rings. The summed E-state index contributed by atoms with van der Waals surface area (Å²) in [5, 5.41) is -0.314. The summed E-state index contributed by atoms with van der Waals surface area (Å²) < 4.78 is 42.9. The van der Waals surface area contributed by atoms with Gasteiger partial charge in [-0.25, -0.2) is 27.9 Å². The highest BCUT2D eigenvalue weighted by atomic mass is 35.5. The standard InChI is InChI=1S/C13H12ClF3N2O2/c1-3-7(11(16)17)4-8(6-15)9-5-10(12(20)21-2)19-13(14)18-9/h3-5,11H,6H2,1-2H3/b7-3+,8-4+. The zero-order valence-corrected chi connectivity index (χ0v) is 12.0. The molecule has 0 aromatic carbocycles. The Labute approximate surface area is 124 Å². The molecule has 0 saturated carbocycles. The minimum absolute atomic E-state index is 0.0575. The number of rotatable bonds is 5. The molecule has 0 saturated heterocycles. The summed E-state index contributed by atoms with van der Waals surface area (Å²) in [5.74, 6) is -0.793. The minimum Gasteiger partial charge on any atom is -0.464 e. The molecule has 21 heavy (non-hydrogen) atoms. The summed E-state index contributed by atoms with van der Waals surface area (Å²) in [5.41, 5.74) is -0.751. The van der Waals surface area contributed by atoms with Crippen LogP contribution in [0.15, 0.2) is 23.8 Å². The van der Waals surface area contributed by atoms with E-state index in [0.29, 0.717) is 0 Å². The highest BCUT2D eigenvalue weighted by Gasteiger charge is 2.15. The van der Waals surface area contributed by atoms with Crippen molar-refractivity contribution in [1.29, 1.82) is 0 Å². The van der Waals surface area contributed by atoms with Gasteiger partial charge in [0.15, 0.2) is 5.69 Å². The Morgan fingerprint density at radius 2 is 2.05 bits per heavy atom. The fourth-order valence-electron chi connectivity index (χ4n) is 1.45. The van der Waals surface area contributed by atoms with Gasteiger partial charge in [0.2, 0.25) is 5.28 Å². The summed E-state index contributed by atoms with van der Waals surface area (Å²) in [6.45, 7) is 0.346. The first-order valence-electron chi connectivity index (χ1n) is 5.77. The summed E-state index contributed by atoms with van der Waals surface area (Å²) in [6.07, 6.45) is -0.636. The predicted molar refractivity (Wildman–Crippen MR) is 72.1 cm³/mol. The van der Waals surface area contributed by atoms with Crippen molar-refractivity contribution in [1.82, 2.24) is 9.97 Å². The molecule has 1 aromatic rings. The molecule has 0 aliphatic carbocycles. The van der Waals surface area contributed by atoms with E-state index in [1.807, 2.05) is 0 Å². The Kier molecular flexibility index (Phi) is 6.36. The first-order valence-corrected chi connectivity index (χ1v) is 6.14. The summed E-state index contributed by atoms with van der Waals surface area (Å²) in [7, 11) is 1.14. The maximum Gasteiger partial charge on any atom is 0.356 e. The lowest BCUT2D eigenvalue weighted by Crippen LogP contribution is -2.07. The Morgan fingerprint density at radius 1 is 1.43 bits per heavy atom. The van der Waals surface area contributed by atoms with Gasteiger partial charge in [-0.15, -0.1) is 0 Å². The van der Waals surface area contributed by atoms with E-state index in [1.54, 1.807) is 0 Å². The second-order valence-corrected chi connectivity index (χ2v) is 4.13. The van der Waals surface area contributed by atoms with Gasteiger partial charge in [0.25, 0.3) is 6.43 Å². The third kappa shape index (κ3) is 4.56. The predicted octanol–water partition coefficient (Wildman–Crippen LogP) is 3.48. The summed E-state index contributed by atoms with van der Waals surface area (Å²) >= 11 is 5.64. The molecule has 0 aliphatic heterocycles. The van der Waals surface area contributed by atoms with Crippen LogP contribution in [-0.4, -0.2) is 36.1 Å². The highest BCUT2D eigenvalue weighted by molar-refractivity contribution is 6.28. The molecule has 8 heteroatoms. The van der Waals surface area contributed by atoms with Gasteiger partial charge in [-0.1, -0.05) is 6.08 Å². The van der Waals surface area contributed by atoms with Crippen molar-refractivity contribution >= 4 is 23.1 Å². The lowest BCUT2D eigenvalue weighted by atomic mass is 10.1. The number of alkyl halides is 3. The van der Waals surface area contributed by atoms with Gasteiger partial charge in [-0.2, -0.15) is 0 Å². The van der Waals surface area contributed by atoms with Gasteiger partial charge in [0, 0.05) is 11.1 Å². The van der Waals surface area contributed by atoms with Crippen molar-refractivity contribution < 1.29 is 22.7 Å². The van der Waals surface area contributed by atoms with E-state index in [0.717, 1.165) is 25.3 Å². The minimum atomic E-state index is -2.76. The second-order valence-electron chi connectivity index (χ2n) is 3.79. The molecule has 0 bridgehead atoms. The average molecular weight is 321 g/mol. The maximum atomic E-state index is 13.1. The van der Waals surface area contributed by atoms with Gasteiger partial charge >= 0.3 is 5.97 Å². The van der Waals surface area contributed by atoms with Crippen molar-refractivity contribution in [2.45, 2.75) is 13.3 Å². The molecular formula is C13H12ClF3N2O2. The molecule has 1 aromatic heterocycles. The third-order valence-corrected chi connectivity index (χ3v) is 2.66. The van der Waals surface area contributed by atoms with E-state index in [2.05, 4.69) is 14.7 Å². The number of hydrogen-bond donors (Lipinski definition) is 0. The molecule has 114 valence electrons. The molecule has 1 rings (SSSR count). The molecule has 1 heterocycles. The fourth-order valence-corrected chi connectivity index (χ4v) is 1.63. The molecule has 0 amide bonds. The van der Waals surface area contributed by atoms with Crippen molar-refractivity contribution in [3.8, 4) is 0 Å². The Balaban J connectivity index is 3.32. The fraction of sp³-hybridized carbons (Fsp3) is 0.308. The number of carbonyl (C=O) groups is 1. The zero-order chi connectivity index (χ0) is 16.0. The van der Waals surface area contributed by atoms with Gasteiger partial charge in [0.05, 0.1) is 12.8 Å². The highest BCUT2D eigenvalue weighted by Crippen LogP contribution is 2.21. The first-order chi connectivity index (χ1) is 9.92. The lowest BCUT2D eigenvalue weighted by Gasteiger charge is -2.07. The first kappa shape index (κ1) is 17.2. The van der Waals surface area contributed by atoms with Crippen LogP contribution in [0.3, 0.4) is 0 Å². The van der Waals surface area contributed by atoms with Crippen LogP contribution in [-0.2, 0) is 4.74 Å². The van der Waals surface area contributed by atoms with E-state index in [-0.39, 0.29) is 27.8 Å². The van der Waals surface area contributed by atoms with Crippen LogP contribution in [0.2, 0.25) is 5.28 Å². The molecule has 0 unspecified atom stereocenters. The van der Waals surface area contributed by atoms with E-state index in [4.69, 9.17) is 11.6 Å². The van der Waals surface area contributed by atoms with Crippen LogP contribution < -0.4 is 0 Å². The van der Waals surface area contributed by atoms with Crippen LogP contribution in [0, 0.1) is 0 Å². The van der Waals surface area contributed by atoms with Crippen LogP contribution in [0.25, 0.3) is 5.57 Å². The van der Waals surface area contributed by atoms with Crippen molar-refractivity contribution in [3.05, 3.63) is 40.5 Å². The number of methoxy groups -OCH3 is 1. The van der Waals surface area contributed by atoms with E-state index < -0.39 is 19.1 Å². The molecule has 0 fully saturated rings. The number of hydrogen-bond acceptors (Lipinski definition) is 4. The number of allylic oxidation sites excluding steroid dienone is 4. The molecular weight excluding hydrogens is 309 g/mol. The Morgan fingerprint density at radius 3 is 2.52 bits per heavy atom. The summed E-state index contributed by atoms with van der Waals surface area (Å²) in [6, 6.07) is 1.13. The molecule has 4 nitrogen and oxygen atoms in total. The molecule has 0 N–H and O–H groups in total. The lowest BCUT2D eigenvalue weighted by molar-refractivity contribution is 0.0593. The van der Waals surface area contributed by atoms with Crippen molar-refractivity contribution in [3.63, 3.8) is 0 Å². The van der Waals surface area contributed by atoms with Crippen LogP contribution in [0.1, 0.15) is 23.1 Å². The average Bonchev–Trinajstić information content (AvgIpc) is 2.46. The quantitative estimate of drug-likeness (QED) is 0.473.